The van der Waals surface area contributed by atoms with E-state index < -0.39 is 22.4 Å². The largest absolute Gasteiger partial charge is 0.416 e. The van der Waals surface area contributed by atoms with E-state index in [4.69, 9.17) is 0 Å². The van der Waals surface area contributed by atoms with E-state index >= 15 is 0 Å². The van der Waals surface area contributed by atoms with E-state index in [1.54, 1.807) is 15.9 Å². The predicted octanol–water partition coefficient (Wildman–Crippen LogP) is 4.28. The number of nitrogens with zero attached hydrogens (tertiary/aromatic N) is 3. The molecule has 9 heteroatoms. The van der Waals surface area contributed by atoms with Crippen LogP contribution in [0, 0.1) is 17.0 Å². The van der Waals surface area contributed by atoms with Crippen LogP contribution in [0.5, 0.6) is 0 Å². The third-order valence-electron chi connectivity index (χ3n) is 4.89. The molecule has 1 aliphatic heterocycles. The van der Waals surface area contributed by atoms with Crippen LogP contribution >= 0.6 is 0 Å². The molecule has 2 aromatic rings. The molecule has 0 spiro atoms. The second-order valence-electron chi connectivity index (χ2n) is 7.02. The van der Waals surface area contributed by atoms with Gasteiger partial charge in [0.05, 0.1) is 10.5 Å². The molecule has 1 fully saturated rings. The Bertz CT molecular complexity index is 981. The van der Waals surface area contributed by atoms with E-state index in [2.05, 4.69) is 0 Å². The first-order valence-corrected chi connectivity index (χ1v) is 9.29. The summed E-state index contributed by atoms with van der Waals surface area (Å²) in [5.74, 6) is -0.182. The SMILES string of the molecule is Cc1cccc(/C=C/C(=O)N2CCN(c3ccc(C(F)(F)F)cc3[N+](=O)[O-])CC2)c1. The highest BCUT2D eigenvalue weighted by Crippen LogP contribution is 2.36. The van der Waals surface area contributed by atoms with Gasteiger partial charge < -0.3 is 9.80 Å². The first-order chi connectivity index (χ1) is 14.1. The van der Waals surface area contributed by atoms with Gasteiger partial charge in [0.1, 0.15) is 5.69 Å². The zero-order valence-electron chi connectivity index (χ0n) is 16.2. The number of carbonyl (C=O) groups is 1. The molecule has 2 aromatic carbocycles. The number of nitro groups is 1. The summed E-state index contributed by atoms with van der Waals surface area (Å²) >= 11 is 0. The van der Waals surface area contributed by atoms with Gasteiger partial charge >= 0.3 is 6.18 Å². The number of alkyl halides is 3. The average molecular weight is 419 g/mol. The molecule has 30 heavy (non-hydrogen) atoms. The Kier molecular flexibility index (Phi) is 6.09. The maximum atomic E-state index is 12.9. The molecule has 158 valence electrons. The smallest absolute Gasteiger partial charge is 0.362 e. The molecule has 0 atom stereocenters. The monoisotopic (exact) mass is 419 g/mol. The minimum atomic E-state index is -4.65. The van der Waals surface area contributed by atoms with Gasteiger partial charge in [0.2, 0.25) is 5.91 Å². The minimum absolute atomic E-state index is 0.121. The van der Waals surface area contributed by atoms with Gasteiger partial charge in [0.25, 0.3) is 5.69 Å². The van der Waals surface area contributed by atoms with Crippen molar-refractivity contribution in [3.05, 3.63) is 75.3 Å². The summed E-state index contributed by atoms with van der Waals surface area (Å²) in [6.45, 7) is 3.16. The highest BCUT2D eigenvalue weighted by atomic mass is 19.4. The summed E-state index contributed by atoms with van der Waals surface area (Å²) in [7, 11) is 0. The van der Waals surface area contributed by atoms with Gasteiger partial charge in [-0.3, -0.25) is 14.9 Å². The van der Waals surface area contributed by atoms with E-state index in [0.29, 0.717) is 19.2 Å². The fourth-order valence-corrected chi connectivity index (χ4v) is 3.33. The number of halogens is 3. The number of hydrogen-bond acceptors (Lipinski definition) is 4. The van der Waals surface area contributed by atoms with Gasteiger partial charge in [0.15, 0.2) is 0 Å². The van der Waals surface area contributed by atoms with Crippen LogP contribution in [0.2, 0.25) is 0 Å². The number of aryl methyl sites for hydroxylation is 1. The second-order valence-corrected chi connectivity index (χ2v) is 7.02. The van der Waals surface area contributed by atoms with Crippen LogP contribution in [0.4, 0.5) is 24.5 Å². The van der Waals surface area contributed by atoms with E-state index in [1.165, 1.54) is 6.08 Å². The van der Waals surface area contributed by atoms with E-state index in [0.717, 1.165) is 23.3 Å². The van der Waals surface area contributed by atoms with Crippen molar-refractivity contribution in [2.45, 2.75) is 13.1 Å². The quantitative estimate of drug-likeness (QED) is 0.421. The van der Waals surface area contributed by atoms with Crippen molar-refractivity contribution in [3.63, 3.8) is 0 Å². The molecule has 0 bridgehead atoms. The molecule has 1 amide bonds. The number of amides is 1. The Morgan fingerprint density at radius 1 is 1.10 bits per heavy atom. The predicted molar refractivity (Wildman–Crippen MR) is 107 cm³/mol. The Morgan fingerprint density at radius 2 is 1.80 bits per heavy atom. The summed E-state index contributed by atoms with van der Waals surface area (Å²) in [6.07, 6.45) is -1.45. The molecule has 0 unspecified atom stereocenters. The van der Waals surface area contributed by atoms with Crippen molar-refractivity contribution >= 4 is 23.4 Å². The fraction of sp³-hybridized carbons (Fsp3) is 0.286. The first-order valence-electron chi connectivity index (χ1n) is 9.29. The number of carbonyl (C=O) groups excluding carboxylic acids is 1. The number of piperazine rings is 1. The first kappa shape index (κ1) is 21.4. The number of hydrogen-bond donors (Lipinski definition) is 0. The molecule has 0 N–H and O–H groups in total. The molecule has 0 saturated carbocycles. The van der Waals surface area contributed by atoms with Gasteiger partial charge in [-0.15, -0.1) is 0 Å². The Labute approximate surface area is 171 Å². The maximum Gasteiger partial charge on any atom is 0.416 e. The third-order valence-corrected chi connectivity index (χ3v) is 4.89. The van der Waals surface area contributed by atoms with E-state index in [1.807, 2.05) is 31.2 Å². The molecular weight excluding hydrogens is 399 g/mol. The second kappa shape index (κ2) is 8.56. The molecule has 1 aliphatic rings. The lowest BCUT2D eigenvalue weighted by Gasteiger charge is -2.35. The van der Waals surface area contributed by atoms with Crippen molar-refractivity contribution < 1.29 is 22.9 Å². The zero-order valence-corrected chi connectivity index (χ0v) is 16.2. The van der Waals surface area contributed by atoms with Crippen molar-refractivity contribution in [1.82, 2.24) is 4.90 Å². The average Bonchev–Trinajstić information content (AvgIpc) is 2.71. The van der Waals surface area contributed by atoms with Crippen LogP contribution in [-0.4, -0.2) is 41.9 Å². The van der Waals surface area contributed by atoms with Crippen molar-refractivity contribution in [2.24, 2.45) is 0 Å². The minimum Gasteiger partial charge on any atom is -0.362 e. The topological polar surface area (TPSA) is 66.7 Å². The number of nitro benzene ring substituents is 1. The lowest BCUT2D eigenvalue weighted by molar-refractivity contribution is -0.384. The van der Waals surface area contributed by atoms with Crippen LogP contribution in [0.3, 0.4) is 0 Å². The molecule has 0 aromatic heterocycles. The third kappa shape index (κ3) is 4.97. The highest BCUT2D eigenvalue weighted by molar-refractivity contribution is 5.92. The van der Waals surface area contributed by atoms with Crippen LogP contribution in [0.25, 0.3) is 6.08 Å². The van der Waals surface area contributed by atoms with Gasteiger partial charge in [-0.2, -0.15) is 13.2 Å². The molecule has 3 rings (SSSR count). The Hall–Kier alpha value is -3.36. The highest BCUT2D eigenvalue weighted by Gasteiger charge is 2.34. The molecule has 6 nitrogen and oxygen atoms in total. The van der Waals surface area contributed by atoms with E-state index in [9.17, 15) is 28.1 Å². The van der Waals surface area contributed by atoms with Crippen LogP contribution in [-0.2, 0) is 11.0 Å². The van der Waals surface area contributed by atoms with Crippen molar-refractivity contribution in [2.75, 3.05) is 31.1 Å². The van der Waals surface area contributed by atoms with Gasteiger partial charge in [-0.05, 0) is 30.7 Å². The number of benzene rings is 2. The maximum absolute atomic E-state index is 12.9. The zero-order chi connectivity index (χ0) is 21.9. The normalized spacial score (nSPS) is 14.9. The molecule has 1 saturated heterocycles. The molecule has 0 aliphatic carbocycles. The van der Waals surface area contributed by atoms with Crippen LogP contribution < -0.4 is 4.90 Å². The molecule has 1 heterocycles. The number of rotatable bonds is 4. The Balaban J connectivity index is 1.68. The summed E-state index contributed by atoms with van der Waals surface area (Å²) in [5.41, 5.74) is 0.450. The van der Waals surface area contributed by atoms with E-state index in [-0.39, 0.29) is 24.7 Å². The van der Waals surface area contributed by atoms with Crippen molar-refractivity contribution in [3.8, 4) is 0 Å². The standard InChI is InChI=1S/C21H20F3N3O3/c1-15-3-2-4-16(13-15)5-8-20(28)26-11-9-25(10-12-26)18-7-6-17(21(22,23)24)14-19(18)27(29)30/h2-8,13-14H,9-12H2,1H3/b8-5+. The summed E-state index contributed by atoms with van der Waals surface area (Å²) in [6, 6.07) is 10.2. The Morgan fingerprint density at radius 3 is 2.40 bits per heavy atom. The van der Waals surface area contributed by atoms with Gasteiger partial charge in [-0.25, -0.2) is 0 Å². The van der Waals surface area contributed by atoms with Crippen LogP contribution in [0.1, 0.15) is 16.7 Å². The fourth-order valence-electron chi connectivity index (χ4n) is 3.33. The number of anilines is 1. The molecular formula is C21H20F3N3O3. The van der Waals surface area contributed by atoms with Gasteiger partial charge in [-0.1, -0.05) is 29.8 Å². The van der Waals surface area contributed by atoms with Crippen LogP contribution in [0.15, 0.2) is 48.5 Å². The lowest BCUT2D eigenvalue weighted by Crippen LogP contribution is -2.48. The summed E-state index contributed by atoms with van der Waals surface area (Å²) < 4.78 is 38.6. The molecule has 0 radical (unpaired) electrons. The lowest BCUT2D eigenvalue weighted by atomic mass is 10.1. The summed E-state index contributed by atoms with van der Waals surface area (Å²) in [4.78, 5) is 26.1. The van der Waals surface area contributed by atoms with Gasteiger partial charge in [0, 0.05) is 38.3 Å². The summed E-state index contributed by atoms with van der Waals surface area (Å²) in [5, 5.41) is 11.3. The van der Waals surface area contributed by atoms with Crippen molar-refractivity contribution in [1.29, 1.82) is 0 Å².